The lowest BCUT2D eigenvalue weighted by Gasteiger charge is -2.00. The van der Waals surface area contributed by atoms with Crippen LogP contribution in [0.4, 0.5) is 0 Å². The zero-order valence-corrected chi connectivity index (χ0v) is 8.84. The van der Waals surface area contributed by atoms with Crippen molar-refractivity contribution in [2.24, 2.45) is 0 Å². The quantitative estimate of drug-likeness (QED) is 0.776. The predicted octanol–water partition coefficient (Wildman–Crippen LogP) is 1.83. The fourth-order valence-electron chi connectivity index (χ4n) is 1.52. The maximum Gasteiger partial charge on any atom is 0.141 e. The van der Waals surface area contributed by atoms with Gasteiger partial charge in [0.2, 0.25) is 0 Å². The van der Waals surface area contributed by atoms with Crippen LogP contribution in [-0.2, 0) is 17.6 Å². The molecule has 2 aromatic heterocycles. The van der Waals surface area contributed by atoms with Crippen molar-refractivity contribution in [3.8, 4) is 0 Å². The zero-order valence-electron chi connectivity index (χ0n) is 8.84. The average Bonchev–Trinajstić information content (AvgIpc) is 2.31. The molecule has 0 bridgehead atoms. The second-order valence-electron chi connectivity index (χ2n) is 3.61. The minimum absolute atomic E-state index is 0.194. The Kier molecular flexibility index (Phi) is 3.38. The molecule has 0 saturated carbocycles. The molecule has 0 unspecified atom stereocenters. The molecule has 2 rings (SSSR count). The Morgan fingerprint density at radius 2 is 1.69 bits per heavy atom. The number of aromatic nitrogens is 2. The third-order valence-corrected chi connectivity index (χ3v) is 2.27. The van der Waals surface area contributed by atoms with E-state index >= 15 is 0 Å². The normalized spacial score (nSPS) is 10.0. The Morgan fingerprint density at radius 1 is 0.938 bits per heavy atom. The van der Waals surface area contributed by atoms with Crippen LogP contribution in [-0.4, -0.2) is 15.8 Å². The number of ketones is 1. The Hall–Kier alpha value is -2.03. The van der Waals surface area contributed by atoms with Crippen molar-refractivity contribution in [3.05, 3.63) is 60.2 Å². The van der Waals surface area contributed by atoms with Gasteiger partial charge >= 0.3 is 0 Å². The molecular formula is C13H12N2O. The molecule has 2 aromatic rings. The molecule has 0 aliphatic carbocycles. The largest absolute Gasteiger partial charge is 0.299 e. The van der Waals surface area contributed by atoms with E-state index in [1.807, 2.05) is 24.3 Å². The van der Waals surface area contributed by atoms with Crippen LogP contribution < -0.4 is 0 Å². The lowest BCUT2D eigenvalue weighted by molar-refractivity contribution is -0.117. The number of hydrogen-bond donors (Lipinski definition) is 0. The number of carbonyl (C=O) groups is 1. The average molecular weight is 212 g/mol. The molecule has 0 fully saturated rings. The summed E-state index contributed by atoms with van der Waals surface area (Å²) >= 11 is 0. The van der Waals surface area contributed by atoms with Gasteiger partial charge in [0.25, 0.3) is 0 Å². The van der Waals surface area contributed by atoms with Crippen LogP contribution in [0.1, 0.15) is 11.1 Å². The third kappa shape index (κ3) is 2.98. The number of nitrogens with zero attached hydrogens (tertiary/aromatic N) is 2. The van der Waals surface area contributed by atoms with Crippen LogP contribution in [0.3, 0.4) is 0 Å². The van der Waals surface area contributed by atoms with Gasteiger partial charge in [-0.1, -0.05) is 6.07 Å². The Labute approximate surface area is 94.2 Å². The van der Waals surface area contributed by atoms with Crippen molar-refractivity contribution < 1.29 is 4.79 Å². The topological polar surface area (TPSA) is 42.9 Å². The van der Waals surface area contributed by atoms with Gasteiger partial charge in [0.1, 0.15) is 5.78 Å². The van der Waals surface area contributed by atoms with Crippen LogP contribution in [0.5, 0.6) is 0 Å². The van der Waals surface area contributed by atoms with Crippen molar-refractivity contribution in [2.45, 2.75) is 12.8 Å². The van der Waals surface area contributed by atoms with E-state index in [1.165, 1.54) is 0 Å². The fraction of sp³-hybridized carbons (Fsp3) is 0.154. The summed E-state index contributed by atoms with van der Waals surface area (Å²) in [5.74, 6) is 0.194. The SMILES string of the molecule is O=C(Cc1ccncc1)Cc1cccnc1. The van der Waals surface area contributed by atoms with Crippen molar-refractivity contribution in [3.63, 3.8) is 0 Å². The molecule has 3 heteroatoms. The molecule has 80 valence electrons. The number of carbonyl (C=O) groups excluding carboxylic acids is 1. The molecule has 0 atom stereocenters. The summed E-state index contributed by atoms with van der Waals surface area (Å²) in [5.41, 5.74) is 1.96. The van der Waals surface area contributed by atoms with Crippen molar-refractivity contribution >= 4 is 5.78 Å². The summed E-state index contributed by atoms with van der Waals surface area (Å²) in [6.07, 6.45) is 7.73. The van der Waals surface area contributed by atoms with E-state index in [9.17, 15) is 4.79 Å². The van der Waals surface area contributed by atoms with Gasteiger partial charge < -0.3 is 0 Å². The first kappa shape index (κ1) is 10.5. The first-order valence-electron chi connectivity index (χ1n) is 5.14. The summed E-state index contributed by atoms with van der Waals surface area (Å²) in [6, 6.07) is 7.48. The first-order valence-corrected chi connectivity index (χ1v) is 5.14. The van der Waals surface area contributed by atoms with E-state index in [-0.39, 0.29) is 5.78 Å². The van der Waals surface area contributed by atoms with Crippen LogP contribution in [0, 0.1) is 0 Å². The number of rotatable bonds is 4. The van der Waals surface area contributed by atoms with Crippen LogP contribution in [0.2, 0.25) is 0 Å². The standard InChI is InChI=1S/C13H12N2O/c16-13(8-11-3-6-14-7-4-11)9-12-2-1-5-15-10-12/h1-7,10H,8-9H2. The predicted molar refractivity (Wildman–Crippen MR) is 60.9 cm³/mol. The van der Waals surface area contributed by atoms with Gasteiger partial charge in [0.05, 0.1) is 0 Å². The third-order valence-electron chi connectivity index (χ3n) is 2.27. The van der Waals surface area contributed by atoms with E-state index in [1.54, 1.807) is 24.8 Å². The monoisotopic (exact) mass is 212 g/mol. The molecule has 0 saturated heterocycles. The molecule has 0 N–H and O–H groups in total. The molecule has 0 aliphatic rings. The summed E-state index contributed by atoms with van der Waals surface area (Å²) in [4.78, 5) is 19.6. The molecular weight excluding hydrogens is 200 g/mol. The summed E-state index contributed by atoms with van der Waals surface area (Å²) in [7, 11) is 0. The van der Waals surface area contributed by atoms with E-state index in [0.29, 0.717) is 12.8 Å². The van der Waals surface area contributed by atoms with E-state index in [0.717, 1.165) is 11.1 Å². The highest BCUT2D eigenvalue weighted by atomic mass is 16.1. The van der Waals surface area contributed by atoms with E-state index in [2.05, 4.69) is 9.97 Å². The Morgan fingerprint density at radius 3 is 2.38 bits per heavy atom. The highest BCUT2D eigenvalue weighted by Crippen LogP contribution is 2.03. The second-order valence-corrected chi connectivity index (χ2v) is 3.61. The van der Waals surface area contributed by atoms with Crippen molar-refractivity contribution in [2.75, 3.05) is 0 Å². The molecule has 16 heavy (non-hydrogen) atoms. The second kappa shape index (κ2) is 5.16. The number of Topliss-reactive ketones (excluding diaryl/α,β-unsaturated/α-hetero) is 1. The molecule has 3 nitrogen and oxygen atoms in total. The summed E-state index contributed by atoms with van der Waals surface area (Å²) in [6.45, 7) is 0. The highest BCUT2D eigenvalue weighted by molar-refractivity contribution is 5.82. The Bertz CT molecular complexity index is 410. The minimum atomic E-state index is 0.194. The highest BCUT2D eigenvalue weighted by Gasteiger charge is 2.04. The van der Waals surface area contributed by atoms with Crippen LogP contribution in [0.15, 0.2) is 49.1 Å². The van der Waals surface area contributed by atoms with Gasteiger partial charge in [0, 0.05) is 37.6 Å². The molecule has 0 amide bonds. The summed E-state index contributed by atoms with van der Waals surface area (Å²) < 4.78 is 0. The van der Waals surface area contributed by atoms with Crippen LogP contribution >= 0.6 is 0 Å². The minimum Gasteiger partial charge on any atom is -0.299 e. The van der Waals surface area contributed by atoms with E-state index < -0.39 is 0 Å². The maximum absolute atomic E-state index is 11.7. The van der Waals surface area contributed by atoms with Gasteiger partial charge in [-0.05, 0) is 29.3 Å². The van der Waals surface area contributed by atoms with Gasteiger partial charge in [-0.3, -0.25) is 14.8 Å². The first-order chi connectivity index (χ1) is 7.84. The maximum atomic E-state index is 11.7. The molecule has 0 spiro atoms. The molecule has 0 radical (unpaired) electrons. The smallest absolute Gasteiger partial charge is 0.141 e. The molecule has 2 heterocycles. The van der Waals surface area contributed by atoms with Gasteiger partial charge in [0.15, 0.2) is 0 Å². The molecule has 0 aromatic carbocycles. The van der Waals surface area contributed by atoms with E-state index in [4.69, 9.17) is 0 Å². The molecule has 0 aliphatic heterocycles. The Balaban J connectivity index is 1.95. The summed E-state index contributed by atoms with van der Waals surface area (Å²) in [5, 5.41) is 0. The lowest BCUT2D eigenvalue weighted by atomic mass is 10.1. The lowest BCUT2D eigenvalue weighted by Crippen LogP contribution is -2.06. The van der Waals surface area contributed by atoms with Gasteiger partial charge in [-0.25, -0.2) is 0 Å². The number of hydrogen-bond acceptors (Lipinski definition) is 3. The van der Waals surface area contributed by atoms with Crippen LogP contribution in [0.25, 0.3) is 0 Å². The fourth-order valence-corrected chi connectivity index (χ4v) is 1.52. The van der Waals surface area contributed by atoms with Crippen molar-refractivity contribution in [1.82, 2.24) is 9.97 Å². The van der Waals surface area contributed by atoms with Gasteiger partial charge in [-0.15, -0.1) is 0 Å². The van der Waals surface area contributed by atoms with Crippen molar-refractivity contribution in [1.29, 1.82) is 0 Å². The zero-order chi connectivity index (χ0) is 11.2. The number of pyridine rings is 2. The van der Waals surface area contributed by atoms with Gasteiger partial charge in [-0.2, -0.15) is 0 Å².